The molecular weight excluding hydrogens is 347 g/mol. The molecule has 7 heteroatoms. The van der Waals surface area contributed by atoms with Crippen molar-refractivity contribution >= 4 is 18.2 Å². The van der Waals surface area contributed by atoms with Gasteiger partial charge >= 0.3 is 6.80 Å². The average molecular weight is 368 g/mol. The van der Waals surface area contributed by atoms with Gasteiger partial charge in [-0.25, -0.2) is 4.57 Å². The highest BCUT2D eigenvalue weighted by atomic mass is 32.7. The van der Waals surface area contributed by atoms with Gasteiger partial charge < -0.3 is 18.5 Å². The summed E-state index contributed by atoms with van der Waals surface area (Å²) in [6.07, 6.45) is 0. The minimum atomic E-state index is -3.54. The van der Waals surface area contributed by atoms with E-state index in [1.165, 1.54) is 14.2 Å². The van der Waals surface area contributed by atoms with E-state index in [4.69, 9.17) is 18.5 Å². The molecule has 0 unspecified atom stereocenters. The van der Waals surface area contributed by atoms with E-state index in [-0.39, 0.29) is 5.25 Å². The number of methoxy groups -OCH3 is 2. The molecule has 0 fully saturated rings. The summed E-state index contributed by atoms with van der Waals surface area (Å²) in [5, 5.41) is 0.0419. The van der Waals surface area contributed by atoms with E-state index in [2.05, 4.69) is 0 Å². The third-order valence-electron chi connectivity index (χ3n) is 2.90. The molecule has 0 aliphatic heterocycles. The van der Waals surface area contributed by atoms with Crippen molar-refractivity contribution in [1.29, 1.82) is 0 Å². The quantitative estimate of drug-likeness (QED) is 0.581. The molecule has 0 aliphatic rings. The molecule has 0 saturated heterocycles. The maximum absolute atomic E-state index is 13.3. The lowest BCUT2D eigenvalue weighted by Crippen LogP contribution is -2.03. The van der Waals surface area contributed by atoms with Gasteiger partial charge in [0.05, 0.1) is 14.2 Å². The lowest BCUT2D eigenvalue weighted by atomic mass is 10.3. The monoisotopic (exact) mass is 368 g/mol. The van der Waals surface area contributed by atoms with Crippen molar-refractivity contribution in [3.8, 4) is 23.0 Å². The summed E-state index contributed by atoms with van der Waals surface area (Å²) in [4.78, 5) is 0. The zero-order valence-electron chi connectivity index (χ0n) is 14.1. The molecule has 0 amide bonds. The van der Waals surface area contributed by atoms with E-state index in [0.717, 1.165) is 11.4 Å². The lowest BCUT2D eigenvalue weighted by Gasteiger charge is -2.22. The van der Waals surface area contributed by atoms with E-state index in [1.54, 1.807) is 36.4 Å². The van der Waals surface area contributed by atoms with Crippen LogP contribution < -0.4 is 18.5 Å². The van der Waals surface area contributed by atoms with Crippen molar-refractivity contribution in [3.05, 3.63) is 48.5 Å². The second kappa shape index (κ2) is 8.36. The van der Waals surface area contributed by atoms with Gasteiger partial charge in [-0.1, -0.05) is 38.1 Å². The first-order valence-electron chi connectivity index (χ1n) is 7.41. The molecule has 0 spiro atoms. The molecule has 2 aromatic carbocycles. The van der Waals surface area contributed by atoms with Crippen LogP contribution in [0.25, 0.3) is 0 Å². The number of para-hydroxylation sites is 4. The molecule has 0 radical (unpaired) electrons. The Labute approximate surface area is 146 Å². The summed E-state index contributed by atoms with van der Waals surface area (Å²) in [6.45, 7) is 0.307. The molecule has 0 bridgehead atoms. The van der Waals surface area contributed by atoms with Crippen LogP contribution in [0.1, 0.15) is 13.8 Å². The van der Waals surface area contributed by atoms with Crippen molar-refractivity contribution in [2.24, 2.45) is 0 Å². The first kappa shape index (κ1) is 18.6. The highest BCUT2D eigenvalue weighted by Crippen LogP contribution is 2.62. The Kier molecular flexibility index (Phi) is 6.46. The number of benzene rings is 2. The van der Waals surface area contributed by atoms with E-state index < -0.39 is 6.80 Å². The van der Waals surface area contributed by atoms with Gasteiger partial charge in [-0.3, -0.25) is 0 Å². The Balaban J connectivity index is 2.34. The van der Waals surface area contributed by atoms with E-state index in [1.807, 2.05) is 26.0 Å². The normalized spacial score (nSPS) is 11.2. The van der Waals surface area contributed by atoms with Crippen LogP contribution in [-0.2, 0) is 4.57 Å². The average Bonchev–Trinajstić information content (AvgIpc) is 2.54. The van der Waals surface area contributed by atoms with Gasteiger partial charge in [0.25, 0.3) is 0 Å². The molecule has 0 saturated carbocycles. The Morgan fingerprint density at radius 3 is 1.50 bits per heavy atom. The Morgan fingerprint density at radius 2 is 1.17 bits per heavy atom. The molecule has 2 rings (SSSR count). The van der Waals surface area contributed by atoms with Crippen molar-refractivity contribution in [1.82, 2.24) is 0 Å². The fraction of sp³-hybridized carbons (Fsp3) is 0.294. The predicted molar refractivity (Wildman–Crippen MR) is 97.6 cm³/mol. The first-order chi connectivity index (χ1) is 11.5. The number of hydrogen-bond acceptors (Lipinski definition) is 6. The smallest absolute Gasteiger partial charge is 0.493 e. The van der Waals surface area contributed by atoms with E-state index in [9.17, 15) is 4.57 Å². The highest BCUT2D eigenvalue weighted by molar-refractivity contribution is 8.55. The Morgan fingerprint density at radius 1 is 0.792 bits per heavy atom. The van der Waals surface area contributed by atoms with Gasteiger partial charge in [0.2, 0.25) is 0 Å². The van der Waals surface area contributed by atoms with Crippen LogP contribution in [0.5, 0.6) is 23.0 Å². The first-order valence-corrected chi connectivity index (χ1v) is 10.4. The molecule has 24 heavy (non-hydrogen) atoms. The third kappa shape index (κ3) is 4.86. The highest BCUT2D eigenvalue weighted by Gasteiger charge is 2.33. The van der Waals surface area contributed by atoms with Crippen molar-refractivity contribution < 1.29 is 23.1 Å². The minimum Gasteiger partial charge on any atom is -0.493 e. The van der Waals surface area contributed by atoms with Crippen LogP contribution in [0.3, 0.4) is 0 Å². The molecule has 2 aromatic rings. The van der Waals surface area contributed by atoms with Crippen LogP contribution in [0.4, 0.5) is 0 Å². The maximum Gasteiger partial charge on any atom is 0.493 e. The van der Waals surface area contributed by atoms with Gasteiger partial charge in [-0.15, -0.1) is 0 Å². The second-order valence-electron chi connectivity index (χ2n) is 5.09. The Bertz CT molecular complexity index is 666. The topological polar surface area (TPSA) is 54.0 Å². The molecule has 0 aliphatic carbocycles. The summed E-state index contributed by atoms with van der Waals surface area (Å²) in [7, 11) is 3.06. The summed E-state index contributed by atoms with van der Waals surface area (Å²) in [6, 6.07) is 14.1. The summed E-state index contributed by atoms with van der Waals surface area (Å²) in [5.41, 5.74) is 0. The van der Waals surface area contributed by atoms with Crippen molar-refractivity contribution in [2.75, 3.05) is 14.2 Å². The zero-order valence-corrected chi connectivity index (χ0v) is 15.8. The van der Waals surface area contributed by atoms with Crippen LogP contribution in [0, 0.1) is 0 Å². The lowest BCUT2D eigenvalue weighted by molar-refractivity contribution is 0.358. The van der Waals surface area contributed by atoms with Crippen LogP contribution in [0.2, 0.25) is 0 Å². The number of ether oxygens (including phenoxy) is 2. The van der Waals surface area contributed by atoms with Gasteiger partial charge in [-0.2, -0.15) is 0 Å². The molecule has 0 N–H and O–H groups in total. The van der Waals surface area contributed by atoms with Crippen LogP contribution in [-0.4, -0.2) is 19.5 Å². The number of hydrogen-bond donors (Lipinski definition) is 0. The Hall–Kier alpha value is -1.78. The fourth-order valence-corrected chi connectivity index (χ4v) is 5.66. The summed E-state index contributed by atoms with van der Waals surface area (Å²) in [5.74, 6) is 1.72. The van der Waals surface area contributed by atoms with E-state index in [0.29, 0.717) is 23.0 Å². The summed E-state index contributed by atoms with van der Waals surface area (Å²) >= 11 is 1.13. The van der Waals surface area contributed by atoms with Gasteiger partial charge in [0, 0.05) is 5.25 Å². The molecule has 0 atom stereocenters. The molecule has 5 nitrogen and oxygen atoms in total. The van der Waals surface area contributed by atoms with E-state index >= 15 is 0 Å². The van der Waals surface area contributed by atoms with Gasteiger partial charge in [-0.05, 0) is 35.6 Å². The second-order valence-corrected chi connectivity index (χ2v) is 9.47. The molecule has 130 valence electrons. The van der Waals surface area contributed by atoms with Crippen molar-refractivity contribution in [2.45, 2.75) is 19.1 Å². The van der Waals surface area contributed by atoms with Crippen LogP contribution >= 0.6 is 18.2 Å². The maximum atomic E-state index is 13.3. The molecule has 0 aromatic heterocycles. The van der Waals surface area contributed by atoms with Gasteiger partial charge in [0.1, 0.15) is 0 Å². The predicted octanol–water partition coefficient (Wildman–Crippen LogP) is 5.41. The third-order valence-corrected chi connectivity index (χ3v) is 6.91. The zero-order chi connectivity index (χ0) is 17.6. The standard InChI is InChI=1S/C17H21O5PS/c1-13(2)24-23(18,21-16-11-7-5-9-14(16)19-3)22-17-12-8-6-10-15(17)20-4/h5-13H,1-4H3. The van der Waals surface area contributed by atoms with Crippen molar-refractivity contribution in [3.63, 3.8) is 0 Å². The minimum absolute atomic E-state index is 0.0419. The summed E-state index contributed by atoms with van der Waals surface area (Å²) < 4.78 is 35.3. The SMILES string of the molecule is COc1ccccc1OP(=O)(Oc1ccccc1OC)SC(C)C. The fourth-order valence-electron chi connectivity index (χ4n) is 1.95. The largest absolute Gasteiger partial charge is 0.493 e. The molecule has 0 heterocycles. The van der Waals surface area contributed by atoms with Gasteiger partial charge in [0.15, 0.2) is 23.0 Å². The van der Waals surface area contributed by atoms with Crippen LogP contribution in [0.15, 0.2) is 48.5 Å². The number of rotatable bonds is 8. The molecular formula is C17H21O5PS.